The molecule has 0 aliphatic heterocycles. The largest absolute Gasteiger partial charge is 0.494 e. The van der Waals surface area contributed by atoms with Gasteiger partial charge in [-0.25, -0.2) is 14.4 Å². The standard InChI is InChI=1S/C42H50O12/c1-46-40(43)22-13-33-7-16-36(17-8-33)51-27-4-25-49-31-39(54-30-6-29-53-38-20-11-35(12-21-38)15-24-42(45)48-3)32-50-26-5-28-52-37-18-9-34(10-19-37)14-23-41(44)47-2/h7-24,39H,4-6,25-32H2,1-3H3. The average molecular weight is 747 g/mol. The van der Waals surface area contributed by atoms with Crippen LogP contribution in [0, 0.1) is 0 Å². The molecule has 3 aromatic rings. The molecule has 0 spiro atoms. The smallest absolute Gasteiger partial charge is 0.330 e. The Hall–Kier alpha value is -5.43. The second-order valence-corrected chi connectivity index (χ2v) is 11.5. The van der Waals surface area contributed by atoms with E-state index >= 15 is 0 Å². The maximum Gasteiger partial charge on any atom is 0.330 e. The van der Waals surface area contributed by atoms with E-state index in [9.17, 15) is 14.4 Å². The predicted octanol–water partition coefficient (Wildman–Crippen LogP) is 6.37. The van der Waals surface area contributed by atoms with Crippen molar-refractivity contribution in [3.05, 3.63) is 108 Å². The summed E-state index contributed by atoms with van der Waals surface area (Å²) >= 11 is 0. The SMILES string of the molecule is COC(=O)C=Cc1ccc(OCCCOCC(COCCCOc2ccc(C=CC(=O)OC)cc2)OCCCOc2ccc(C=CC(=O)OC)cc2)cc1. The molecule has 0 heterocycles. The van der Waals surface area contributed by atoms with E-state index in [0.717, 1.165) is 33.9 Å². The Morgan fingerprint density at radius 1 is 0.463 bits per heavy atom. The first-order valence-corrected chi connectivity index (χ1v) is 17.6. The molecule has 0 saturated heterocycles. The zero-order valence-corrected chi connectivity index (χ0v) is 31.1. The third-order valence-electron chi connectivity index (χ3n) is 7.40. The molecule has 290 valence electrons. The number of esters is 3. The molecular weight excluding hydrogens is 696 g/mol. The summed E-state index contributed by atoms with van der Waals surface area (Å²) in [6, 6.07) is 22.2. The number of carbonyl (C=O) groups excluding carboxylic acids is 3. The molecule has 0 aliphatic rings. The number of carbonyl (C=O) groups is 3. The van der Waals surface area contributed by atoms with Crippen LogP contribution >= 0.6 is 0 Å². The van der Waals surface area contributed by atoms with Gasteiger partial charge in [0.15, 0.2) is 0 Å². The summed E-state index contributed by atoms with van der Waals surface area (Å²) in [6.07, 6.45) is 10.9. The van der Waals surface area contributed by atoms with Crippen molar-refractivity contribution < 1.29 is 57.0 Å². The second-order valence-electron chi connectivity index (χ2n) is 11.5. The Morgan fingerprint density at radius 3 is 1.09 bits per heavy atom. The molecule has 3 rings (SSSR count). The quantitative estimate of drug-likeness (QED) is 0.0391. The summed E-state index contributed by atoms with van der Waals surface area (Å²) in [5.41, 5.74) is 2.58. The van der Waals surface area contributed by atoms with Gasteiger partial charge in [0.25, 0.3) is 0 Å². The third kappa shape index (κ3) is 18.9. The maximum absolute atomic E-state index is 11.3. The Morgan fingerprint density at radius 2 is 0.778 bits per heavy atom. The molecule has 0 bridgehead atoms. The van der Waals surface area contributed by atoms with Crippen molar-refractivity contribution in [2.45, 2.75) is 25.4 Å². The Kier molecular flexibility index (Phi) is 21.0. The van der Waals surface area contributed by atoms with Crippen LogP contribution in [-0.2, 0) is 42.8 Å². The van der Waals surface area contributed by atoms with Crippen molar-refractivity contribution in [2.75, 3.05) is 74.2 Å². The molecule has 0 amide bonds. The zero-order chi connectivity index (χ0) is 38.6. The van der Waals surface area contributed by atoms with Crippen molar-refractivity contribution in [3.8, 4) is 17.2 Å². The Labute approximate surface area is 317 Å². The van der Waals surface area contributed by atoms with Crippen LogP contribution in [0.2, 0.25) is 0 Å². The van der Waals surface area contributed by atoms with E-state index < -0.39 is 17.9 Å². The molecule has 3 aromatic carbocycles. The minimum atomic E-state index is -0.412. The van der Waals surface area contributed by atoms with Gasteiger partial charge in [0, 0.05) is 50.7 Å². The van der Waals surface area contributed by atoms with E-state index in [1.54, 1.807) is 18.2 Å². The van der Waals surface area contributed by atoms with Crippen molar-refractivity contribution in [1.82, 2.24) is 0 Å². The van der Waals surface area contributed by atoms with E-state index in [2.05, 4.69) is 14.2 Å². The van der Waals surface area contributed by atoms with Gasteiger partial charge < -0.3 is 42.6 Å². The molecule has 0 aliphatic carbocycles. The van der Waals surface area contributed by atoms with Crippen molar-refractivity contribution in [3.63, 3.8) is 0 Å². The summed E-state index contributed by atoms with van der Waals surface area (Å²) in [6.45, 7) is 3.56. The minimum absolute atomic E-state index is 0.274. The van der Waals surface area contributed by atoms with Crippen LogP contribution in [0.4, 0.5) is 0 Å². The first-order chi connectivity index (χ1) is 26.4. The molecular formula is C42H50O12. The van der Waals surface area contributed by atoms with Gasteiger partial charge in [-0.3, -0.25) is 0 Å². The topological polar surface area (TPSA) is 134 Å². The molecule has 0 atom stereocenters. The van der Waals surface area contributed by atoms with Gasteiger partial charge in [0.1, 0.15) is 23.4 Å². The second kappa shape index (κ2) is 26.4. The number of ether oxygens (including phenoxy) is 9. The van der Waals surface area contributed by atoms with Crippen LogP contribution in [0.5, 0.6) is 17.2 Å². The first kappa shape index (κ1) is 43.0. The highest BCUT2D eigenvalue weighted by molar-refractivity contribution is 5.88. The van der Waals surface area contributed by atoms with Crippen LogP contribution in [0.3, 0.4) is 0 Å². The lowest BCUT2D eigenvalue weighted by molar-refractivity contribution is -0.135. The van der Waals surface area contributed by atoms with E-state index in [-0.39, 0.29) is 6.10 Å². The average Bonchev–Trinajstić information content (AvgIpc) is 3.21. The van der Waals surface area contributed by atoms with E-state index in [4.69, 9.17) is 28.4 Å². The van der Waals surface area contributed by atoms with E-state index in [1.807, 2.05) is 72.8 Å². The number of hydrogen-bond donors (Lipinski definition) is 0. The van der Waals surface area contributed by atoms with Gasteiger partial charge in [0.05, 0.1) is 61.0 Å². The normalized spacial score (nSPS) is 11.8. The highest BCUT2D eigenvalue weighted by Crippen LogP contribution is 2.16. The highest BCUT2D eigenvalue weighted by Gasteiger charge is 2.11. The van der Waals surface area contributed by atoms with Crippen molar-refractivity contribution >= 4 is 36.1 Å². The maximum atomic E-state index is 11.3. The predicted molar refractivity (Wildman–Crippen MR) is 204 cm³/mol. The molecule has 0 radical (unpaired) electrons. The molecule has 0 unspecified atom stereocenters. The Bertz CT molecular complexity index is 1510. The molecule has 0 saturated carbocycles. The van der Waals surface area contributed by atoms with Gasteiger partial charge >= 0.3 is 17.9 Å². The van der Waals surface area contributed by atoms with Crippen molar-refractivity contribution in [2.24, 2.45) is 0 Å². The van der Waals surface area contributed by atoms with Crippen molar-refractivity contribution in [1.29, 1.82) is 0 Å². The number of rotatable bonds is 26. The first-order valence-electron chi connectivity index (χ1n) is 17.6. The molecule has 0 aromatic heterocycles. The lowest BCUT2D eigenvalue weighted by Gasteiger charge is -2.19. The van der Waals surface area contributed by atoms with Crippen LogP contribution in [-0.4, -0.2) is 98.2 Å². The molecule has 12 nitrogen and oxygen atoms in total. The lowest BCUT2D eigenvalue weighted by atomic mass is 10.2. The third-order valence-corrected chi connectivity index (χ3v) is 7.40. The molecule has 12 heteroatoms. The fraction of sp³-hybridized carbons (Fsp3) is 0.357. The molecule has 0 fully saturated rings. The van der Waals surface area contributed by atoms with E-state index in [0.29, 0.717) is 72.1 Å². The van der Waals surface area contributed by atoms with Crippen LogP contribution in [0.1, 0.15) is 36.0 Å². The summed E-state index contributed by atoms with van der Waals surface area (Å²) in [5.74, 6) is 0.936. The minimum Gasteiger partial charge on any atom is -0.494 e. The van der Waals surface area contributed by atoms with Gasteiger partial charge in [-0.05, 0) is 71.3 Å². The number of benzene rings is 3. The highest BCUT2D eigenvalue weighted by atomic mass is 16.6. The van der Waals surface area contributed by atoms with Gasteiger partial charge in [0.2, 0.25) is 0 Å². The number of hydrogen-bond acceptors (Lipinski definition) is 12. The van der Waals surface area contributed by atoms with Gasteiger partial charge in [-0.1, -0.05) is 36.4 Å². The zero-order valence-electron chi connectivity index (χ0n) is 31.1. The van der Waals surface area contributed by atoms with Crippen LogP contribution < -0.4 is 14.2 Å². The summed E-state index contributed by atoms with van der Waals surface area (Å²) < 4.78 is 49.3. The number of methoxy groups -OCH3 is 3. The molecule has 54 heavy (non-hydrogen) atoms. The summed E-state index contributed by atoms with van der Waals surface area (Å²) in [7, 11) is 4.01. The lowest BCUT2D eigenvalue weighted by Crippen LogP contribution is -2.27. The summed E-state index contributed by atoms with van der Waals surface area (Å²) in [4.78, 5) is 33.9. The monoisotopic (exact) mass is 746 g/mol. The fourth-order valence-corrected chi connectivity index (χ4v) is 4.50. The van der Waals surface area contributed by atoms with Crippen LogP contribution in [0.15, 0.2) is 91.0 Å². The van der Waals surface area contributed by atoms with E-state index in [1.165, 1.54) is 39.6 Å². The fourth-order valence-electron chi connectivity index (χ4n) is 4.50. The Balaban J connectivity index is 1.37. The van der Waals surface area contributed by atoms with Gasteiger partial charge in [-0.2, -0.15) is 0 Å². The molecule has 0 N–H and O–H groups in total. The van der Waals surface area contributed by atoms with Crippen LogP contribution in [0.25, 0.3) is 18.2 Å². The summed E-state index contributed by atoms with van der Waals surface area (Å²) in [5, 5.41) is 0. The van der Waals surface area contributed by atoms with Gasteiger partial charge in [-0.15, -0.1) is 0 Å².